The first kappa shape index (κ1) is 18.0. The molecule has 0 atom stereocenters. The van der Waals surface area contributed by atoms with Gasteiger partial charge in [-0.25, -0.2) is 15.0 Å². The van der Waals surface area contributed by atoms with Crippen molar-refractivity contribution in [2.45, 2.75) is 45.1 Å². The minimum absolute atomic E-state index is 0.454. The van der Waals surface area contributed by atoms with E-state index in [0.29, 0.717) is 6.04 Å². The second kappa shape index (κ2) is 7.78. The van der Waals surface area contributed by atoms with Gasteiger partial charge in [-0.3, -0.25) is 4.98 Å². The van der Waals surface area contributed by atoms with Crippen LogP contribution in [0.1, 0.15) is 36.2 Å². The number of rotatable bonds is 4. The van der Waals surface area contributed by atoms with E-state index < -0.39 is 0 Å². The Morgan fingerprint density at radius 1 is 0.966 bits per heavy atom. The van der Waals surface area contributed by atoms with Crippen molar-refractivity contribution in [3.8, 4) is 11.4 Å². The van der Waals surface area contributed by atoms with Crippen molar-refractivity contribution < 1.29 is 0 Å². The Morgan fingerprint density at radius 3 is 2.59 bits per heavy atom. The van der Waals surface area contributed by atoms with Gasteiger partial charge < -0.3 is 10.2 Å². The molecule has 3 aromatic rings. The van der Waals surface area contributed by atoms with E-state index in [-0.39, 0.29) is 0 Å². The fraction of sp³-hybridized carbons (Fsp3) is 0.391. The van der Waals surface area contributed by atoms with Gasteiger partial charge in [-0.1, -0.05) is 6.07 Å². The van der Waals surface area contributed by atoms with Crippen LogP contribution >= 0.6 is 0 Å². The predicted octanol–water partition coefficient (Wildman–Crippen LogP) is 3.81. The number of anilines is 2. The molecule has 0 unspecified atom stereocenters. The minimum atomic E-state index is 0.454. The quantitative estimate of drug-likeness (QED) is 0.735. The number of nitrogens with zero attached hydrogens (tertiary/aromatic N) is 5. The monoisotopic (exact) mass is 386 g/mol. The molecule has 1 aliphatic heterocycles. The van der Waals surface area contributed by atoms with Gasteiger partial charge in [0.05, 0.1) is 0 Å². The maximum atomic E-state index is 5.01. The van der Waals surface area contributed by atoms with E-state index >= 15 is 0 Å². The lowest BCUT2D eigenvalue weighted by Gasteiger charge is -2.34. The molecule has 148 valence electrons. The molecule has 0 saturated carbocycles. The van der Waals surface area contributed by atoms with E-state index in [4.69, 9.17) is 9.97 Å². The zero-order valence-electron chi connectivity index (χ0n) is 16.8. The first-order chi connectivity index (χ1) is 14.3. The van der Waals surface area contributed by atoms with Crippen LogP contribution in [-0.4, -0.2) is 39.1 Å². The van der Waals surface area contributed by atoms with Gasteiger partial charge in [0.1, 0.15) is 11.6 Å². The summed E-state index contributed by atoms with van der Waals surface area (Å²) in [6, 6.07) is 10.6. The van der Waals surface area contributed by atoms with Crippen molar-refractivity contribution in [1.82, 2.24) is 19.9 Å². The Morgan fingerprint density at radius 2 is 1.79 bits per heavy atom. The number of hydrogen-bond donors (Lipinski definition) is 1. The smallest absolute Gasteiger partial charge is 0.161 e. The van der Waals surface area contributed by atoms with Gasteiger partial charge >= 0.3 is 0 Å². The lowest BCUT2D eigenvalue weighted by molar-refractivity contribution is 0.521. The number of piperidine rings is 1. The Kier molecular flexibility index (Phi) is 4.84. The van der Waals surface area contributed by atoms with Crippen LogP contribution in [0.2, 0.25) is 0 Å². The predicted molar refractivity (Wildman–Crippen MR) is 115 cm³/mol. The highest BCUT2D eigenvalue weighted by Gasteiger charge is 2.27. The van der Waals surface area contributed by atoms with Crippen LogP contribution < -0.4 is 10.2 Å². The van der Waals surface area contributed by atoms with E-state index in [9.17, 15) is 0 Å². The number of fused-ring (bicyclic) bond motifs is 1. The highest BCUT2D eigenvalue weighted by Crippen LogP contribution is 2.33. The average Bonchev–Trinajstić information content (AvgIpc) is 3.23. The molecule has 0 aromatic carbocycles. The molecule has 1 fully saturated rings. The van der Waals surface area contributed by atoms with Gasteiger partial charge in [0.15, 0.2) is 5.82 Å². The third-order valence-electron chi connectivity index (χ3n) is 5.88. The van der Waals surface area contributed by atoms with Crippen molar-refractivity contribution >= 4 is 11.6 Å². The molecule has 2 aliphatic rings. The van der Waals surface area contributed by atoms with Gasteiger partial charge in [-0.05, 0) is 63.3 Å². The molecule has 6 heteroatoms. The Hall–Kier alpha value is -3.02. The van der Waals surface area contributed by atoms with E-state index in [1.54, 1.807) is 0 Å². The highest BCUT2D eigenvalue weighted by molar-refractivity contribution is 5.61. The topological polar surface area (TPSA) is 66.8 Å². The standard InChI is InChI=1S/C23H26N6/c1-16-4-2-7-21(25-16)26-18-10-14-29(15-11-18)23-19-5-3-6-20(19)27-22(28-23)17-8-12-24-13-9-17/h2,4,7-9,12-13,18H,3,5-6,10-11,14-15H2,1H3,(H,25,26). The van der Waals surface area contributed by atoms with Crippen LogP contribution in [0.25, 0.3) is 11.4 Å². The fourth-order valence-corrected chi connectivity index (χ4v) is 4.37. The number of aryl methyl sites for hydroxylation is 2. The number of hydrogen-bond acceptors (Lipinski definition) is 6. The Bertz CT molecular complexity index is 996. The summed E-state index contributed by atoms with van der Waals surface area (Å²) in [5, 5.41) is 3.61. The molecule has 6 nitrogen and oxygen atoms in total. The second-order valence-corrected chi connectivity index (χ2v) is 7.96. The van der Waals surface area contributed by atoms with Gasteiger partial charge in [0, 0.05) is 54.0 Å². The van der Waals surface area contributed by atoms with E-state index in [2.05, 4.69) is 32.3 Å². The van der Waals surface area contributed by atoms with E-state index in [1.807, 2.05) is 37.5 Å². The van der Waals surface area contributed by atoms with Gasteiger partial charge in [-0.2, -0.15) is 0 Å². The van der Waals surface area contributed by atoms with Crippen LogP contribution in [0, 0.1) is 6.92 Å². The summed E-state index contributed by atoms with van der Waals surface area (Å²) < 4.78 is 0. The van der Waals surface area contributed by atoms with Crippen molar-refractivity contribution in [2.24, 2.45) is 0 Å². The maximum Gasteiger partial charge on any atom is 0.161 e. The summed E-state index contributed by atoms with van der Waals surface area (Å²) in [6.07, 6.45) is 9.10. The summed E-state index contributed by atoms with van der Waals surface area (Å²) >= 11 is 0. The molecule has 5 rings (SSSR count). The van der Waals surface area contributed by atoms with Crippen LogP contribution in [0.4, 0.5) is 11.6 Å². The zero-order chi connectivity index (χ0) is 19.6. The van der Waals surface area contributed by atoms with Crippen LogP contribution in [0.15, 0.2) is 42.7 Å². The molecule has 0 radical (unpaired) electrons. The first-order valence-electron chi connectivity index (χ1n) is 10.5. The van der Waals surface area contributed by atoms with Gasteiger partial charge in [-0.15, -0.1) is 0 Å². The van der Waals surface area contributed by atoms with E-state index in [1.165, 1.54) is 17.7 Å². The molecule has 1 aliphatic carbocycles. The average molecular weight is 387 g/mol. The van der Waals surface area contributed by atoms with Crippen LogP contribution in [0.5, 0.6) is 0 Å². The molecule has 29 heavy (non-hydrogen) atoms. The third kappa shape index (κ3) is 3.79. The zero-order valence-corrected chi connectivity index (χ0v) is 16.8. The number of pyridine rings is 2. The van der Waals surface area contributed by atoms with Gasteiger partial charge in [0.25, 0.3) is 0 Å². The Labute approximate surface area is 171 Å². The molecular formula is C23H26N6. The number of aromatic nitrogens is 4. The molecule has 3 aromatic heterocycles. The summed E-state index contributed by atoms with van der Waals surface area (Å²) in [7, 11) is 0. The summed E-state index contributed by atoms with van der Waals surface area (Å²) in [5.41, 5.74) is 4.67. The van der Waals surface area contributed by atoms with Crippen molar-refractivity contribution in [3.63, 3.8) is 0 Å². The van der Waals surface area contributed by atoms with E-state index in [0.717, 1.165) is 67.5 Å². The SMILES string of the molecule is Cc1cccc(NC2CCN(c3nc(-c4ccncc4)nc4c3CCC4)CC2)n1. The van der Waals surface area contributed by atoms with Crippen LogP contribution in [-0.2, 0) is 12.8 Å². The number of nitrogens with one attached hydrogen (secondary N) is 1. The molecule has 1 saturated heterocycles. The van der Waals surface area contributed by atoms with Crippen LogP contribution in [0.3, 0.4) is 0 Å². The minimum Gasteiger partial charge on any atom is -0.367 e. The second-order valence-electron chi connectivity index (χ2n) is 7.96. The summed E-state index contributed by atoms with van der Waals surface area (Å²) in [6.45, 7) is 4.04. The van der Waals surface area contributed by atoms with Crippen molar-refractivity contribution in [3.05, 3.63) is 59.7 Å². The van der Waals surface area contributed by atoms with Gasteiger partial charge in [0.2, 0.25) is 0 Å². The summed E-state index contributed by atoms with van der Waals surface area (Å²) in [5.74, 6) is 2.95. The lowest BCUT2D eigenvalue weighted by Crippen LogP contribution is -2.40. The highest BCUT2D eigenvalue weighted by atomic mass is 15.2. The first-order valence-corrected chi connectivity index (χ1v) is 10.5. The third-order valence-corrected chi connectivity index (χ3v) is 5.88. The lowest BCUT2D eigenvalue weighted by atomic mass is 10.0. The molecule has 0 bridgehead atoms. The molecular weight excluding hydrogens is 360 g/mol. The summed E-state index contributed by atoms with van der Waals surface area (Å²) in [4.78, 5) is 21.1. The normalized spacial score (nSPS) is 16.7. The molecule has 1 N–H and O–H groups in total. The fourth-order valence-electron chi connectivity index (χ4n) is 4.37. The van der Waals surface area contributed by atoms with Crippen molar-refractivity contribution in [1.29, 1.82) is 0 Å². The maximum absolute atomic E-state index is 5.01. The van der Waals surface area contributed by atoms with Crippen molar-refractivity contribution in [2.75, 3.05) is 23.3 Å². The Balaban J connectivity index is 1.35. The largest absolute Gasteiger partial charge is 0.367 e. The molecule has 4 heterocycles. The molecule has 0 spiro atoms. The molecule has 0 amide bonds.